The predicted molar refractivity (Wildman–Crippen MR) is 214 cm³/mol. The van der Waals surface area contributed by atoms with Crippen molar-refractivity contribution in [3.05, 3.63) is 162 Å². The van der Waals surface area contributed by atoms with Crippen LogP contribution in [0.1, 0.15) is 76.6 Å². The second-order valence-corrected chi connectivity index (χ2v) is 16.4. The summed E-state index contributed by atoms with van der Waals surface area (Å²) in [5.74, 6) is 0. The minimum absolute atomic E-state index is 0.0521. The minimum Gasteiger partial charge on any atom is -0.310 e. The van der Waals surface area contributed by atoms with Gasteiger partial charge in [-0.3, -0.25) is 0 Å². The first-order valence-electron chi connectivity index (χ1n) is 18.2. The summed E-state index contributed by atoms with van der Waals surface area (Å²) < 4.78 is 0. The van der Waals surface area contributed by atoms with E-state index in [1.165, 1.54) is 84.6 Å². The molecule has 0 atom stereocenters. The molecule has 2 aliphatic carbocycles. The third kappa shape index (κ3) is 4.59. The molecule has 0 N–H and O–H groups in total. The van der Waals surface area contributed by atoms with Crippen LogP contribution in [0.5, 0.6) is 0 Å². The van der Waals surface area contributed by atoms with E-state index in [-0.39, 0.29) is 16.2 Å². The molecular formula is C49H45N. The Bertz CT molecular complexity index is 2460. The van der Waals surface area contributed by atoms with Crippen LogP contribution in [0.2, 0.25) is 0 Å². The molecule has 0 radical (unpaired) electrons. The molecule has 7 aromatic rings. The highest BCUT2D eigenvalue weighted by atomic mass is 15.1. The molecule has 7 aromatic carbocycles. The number of para-hydroxylation sites is 1. The number of anilines is 3. The van der Waals surface area contributed by atoms with Gasteiger partial charge in [-0.15, -0.1) is 0 Å². The molecule has 9 rings (SSSR count). The van der Waals surface area contributed by atoms with Crippen molar-refractivity contribution in [1.82, 2.24) is 0 Å². The van der Waals surface area contributed by atoms with Gasteiger partial charge in [0.05, 0.1) is 5.69 Å². The molecule has 0 spiro atoms. The second kappa shape index (κ2) is 10.9. The number of benzene rings is 7. The number of fused-ring (bicyclic) bond motifs is 7. The van der Waals surface area contributed by atoms with Gasteiger partial charge in [0.1, 0.15) is 0 Å². The highest BCUT2D eigenvalue weighted by molar-refractivity contribution is 6.09. The summed E-state index contributed by atoms with van der Waals surface area (Å²) in [5.41, 5.74) is 14.7. The van der Waals surface area contributed by atoms with Crippen LogP contribution in [0, 0.1) is 0 Å². The van der Waals surface area contributed by atoms with Gasteiger partial charge in [0.15, 0.2) is 0 Å². The number of nitrogens with zero attached hydrogens (tertiary/aromatic N) is 1. The van der Waals surface area contributed by atoms with Crippen molar-refractivity contribution in [2.24, 2.45) is 0 Å². The standard InChI is InChI=1S/C49H45N/c1-47(2)27-28-48(3,4)46-39(20-14-22-43(46)47)41-30-40-38-19-12-13-21-42(38)49(5,6)44(40)31-45(41)50(34-16-8-7-9-17-34)35-25-26-37-33(29-35)24-23-32-15-10-11-18-36(32)37/h7-26,29-31H,27-28H2,1-6H3. The third-order valence-electron chi connectivity index (χ3n) is 12.1. The summed E-state index contributed by atoms with van der Waals surface area (Å²) in [4.78, 5) is 2.52. The Kier molecular flexibility index (Phi) is 6.75. The van der Waals surface area contributed by atoms with Crippen molar-refractivity contribution in [1.29, 1.82) is 0 Å². The zero-order valence-corrected chi connectivity index (χ0v) is 30.1. The lowest BCUT2D eigenvalue weighted by Gasteiger charge is -2.43. The summed E-state index contributed by atoms with van der Waals surface area (Å²) in [6, 6.07) is 52.5. The first kappa shape index (κ1) is 30.9. The zero-order chi connectivity index (χ0) is 34.4. The first-order valence-corrected chi connectivity index (χ1v) is 18.2. The van der Waals surface area contributed by atoms with Crippen LogP contribution in [0.25, 0.3) is 43.8 Å². The zero-order valence-electron chi connectivity index (χ0n) is 30.1. The van der Waals surface area contributed by atoms with Gasteiger partial charge in [0, 0.05) is 22.4 Å². The van der Waals surface area contributed by atoms with Gasteiger partial charge in [0.2, 0.25) is 0 Å². The molecule has 0 saturated carbocycles. The maximum absolute atomic E-state index is 2.54. The lowest BCUT2D eigenvalue weighted by molar-refractivity contribution is 0.333. The molecule has 0 aromatic heterocycles. The van der Waals surface area contributed by atoms with Crippen molar-refractivity contribution in [3.63, 3.8) is 0 Å². The molecule has 50 heavy (non-hydrogen) atoms. The fraction of sp³-hybridized carbons (Fsp3) is 0.224. The van der Waals surface area contributed by atoms with E-state index in [9.17, 15) is 0 Å². The van der Waals surface area contributed by atoms with Gasteiger partial charge >= 0.3 is 0 Å². The Morgan fingerprint density at radius 2 is 1.08 bits per heavy atom. The molecule has 0 amide bonds. The van der Waals surface area contributed by atoms with Crippen molar-refractivity contribution in [2.75, 3.05) is 4.90 Å². The highest BCUT2D eigenvalue weighted by Gasteiger charge is 2.41. The highest BCUT2D eigenvalue weighted by Crippen LogP contribution is 2.56. The van der Waals surface area contributed by atoms with Crippen LogP contribution >= 0.6 is 0 Å². The topological polar surface area (TPSA) is 3.24 Å². The molecule has 0 heterocycles. The van der Waals surface area contributed by atoms with E-state index in [0.29, 0.717) is 0 Å². The van der Waals surface area contributed by atoms with Gasteiger partial charge in [-0.25, -0.2) is 0 Å². The molecule has 246 valence electrons. The van der Waals surface area contributed by atoms with Gasteiger partial charge in [-0.2, -0.15) is 0 Å². The molecule has 1 heteroatoms. The maximum atomic E-state index is 2.54. The smallest absolute Gasteiger partial charge is 0.0543 e. The van der Waals surface area contributed by atoms with E-state index in [0.717, 1.165) is 11.4 Å². The molecule has 0 saturated heterocycles. The van der Waals surface area contributed by atoms with E-state index in [4.69, 9.17) is 0 Å². The van der Waals surface area contributed by atoms with Crippen molar-refractivity contribution in [2.45, 2.75) is 70.6 Å². The average molecular weight is 648 g/mol. The molecule has 0 bridgehead atoms. The van der Waals surface area contributed by atoms with Gasteiger partial charge in [-0.05, 0) is 121 Å². The largest absolute Gasteiger partial charge is 0.310 e. The lowest BCUT2D eigenvalue weighted by Crippen LogP contribution is -2.34. The summed E-state index contributed by atoms with van der Waals surface area (Å²) in [5, 5.41) is 5.10. The van der Waals surface area contributed by atoms with E-state index < -0.39 is 0 Å². The van der Waals surface area contributed by atoms with Crippen LogP contribution in [-0.4, -0.2) is 0 Å². The summed E-state index contributed by atoms with van der Waals surface area (Å²) in [6.07, 6.45) is 2.36. The van der Waals surface area contributed by atoms with E-state index in [2.05, 4.69) is 186 Å². The Morgan fingerprint density at radius 3 is 1.92 bits per heavy atom. The van der Waals surface area contributed by atoms with Gasteiger partial charge in [0.25, 0.3) is 0 Å². The SMILES string of the molecule is CC1(C)CCC(C)(C)c2c(-c3cc4c(cc3N(c3ccccc3)c3ccc5c(ccc6ccccc65)c3)C(C)(C)c3ccccc3-4)cccc21. The van der Waals surface area contributed by atoms with Crippen LogP contribution in [-0.2, 0) is 16.2 Å². The summed E-state index contributed by atoms with van der Waals surface area (Å²) >= 11 is 0. The number of hydrogen-bond donors (Lipinski definition) is 0. The molecular weight excluding hydrogens is 603 g/mol. The number of rotatable bonds is 4. The molecule has 0 unspecified atom stereocenters. The van der Waals surface area contributed by atoms with E-state index in [1.54, 1.807) is 0 Å². The number of hydrogen-bond acceptors (Lipinski definition) is 1. The van der Waals surface area contributed by atoms with Crippen LogP contribution in [0.3, 0.4) is 0 Å². The summed E-state index contributed by atoms with van der Waals surface area (Å²) in [6.45, 7) is 14.6. The maximum Gasteiger partial charge on any atom is 0.0543 e. The average Bonchev–Trinajstić information content (AvgIpc) is 3.35. The normalized spacial score (nSPS) is 16.5. The van der Waals surface area contributed by atoms with Gasteiger partial charge < -0.3 is 4.90 Å². The molecule has 0 aliphatic heterocycles. The van der Waals surface area contributed by atoms with E-state index in [1.807, 2.05) is 0 Å². The molecule has 1 nitrogen and oxygen atoms in total. The Balaban J connectivity index is 1.38. The molecule has 2 aliphatic rings. The van der Waals surface area contributed by atoms with Crippen LogP contribution in [0.4, 0.5) is 17.1 Å². The lowest BCUT2D eigenvalue weighted by atomic mass is 9.61. The Hall–Kier alpha value is -5.14. The minimum atomic E-state index is -0.124. The van der Waals surface area contributed by atoms with Crippen molar-refractivity contribution >= 4 is 38.6 Å². The monoisotopic (exact) mass is 647 g/mol. The van der Waals surface area contributed by atoms with E-state index >= 15 is 0 Å². The summed E-state index contributed by atoms with van der Waals surface area (Å²) in [7, 11) is 0. The fourth-order valence-corrected chi connectivity index (χ4v) is 9.24. The third-order valence-corrected chi connectivity index (χ3v) is 12.1. The first-order chi connectivity index (χ1) is 24.0. The molecule has 0 fully saturated rings. The Labute approximate surface area is 297 Å². The van der Waals surface area contributed by atoms with Crippen molar-refractivity contribution in [3.8, 4) is 22.3 Å². The van der Waals surface area contributed by atoms with Crippen molar-refractivity contribution < 1.29 is 0 Å². The second-order valence-electron chi connectivity index (χ2n) is 16.4. The quantitative estimate of drug-likeness (QED) is 0.172. The predicted octanol–water partition coefficient (Wildman–Crippen LogP) is 13.8. The van der Waals surface area contributed by atoms with Crippen LogP contribution in [0.15, 0.2) is 140 Å². The van der Waals surface area contributed by atoms with Gasteiger partial charge in [-0.1, -0.05) is 145 Å². The fourth-order valence-electron chi connectivity index (χ4n) is 9.24. The van der Waals surface area contributed by atoms with Crippen LogP contribution < -0.4 is 4.90 Å². The Morgan fingerprint density at radius 1 is 0.420 bits per heavy atom.